The Balaban J connectivity index is 1.81. The first kappa shape index (κ1) is 36.3. The Morgan fingerprint density at radius 2 is 1.22 bits per heavy atom. The number of unbranched alkanes of at least 4 members (excludes halogenated alkanes) is 1. The summed E-state index contributed by atoms with van der Waals surface area (Å²) in [5, 5.41) is 2.41. The first-order valence-corrected chi connectivity index (χ1v) is 14.0. The third-order valence-corrected chi connectivity index (χ3v) is 5.54. The SMILES string of the molecule is C=CC(=O)OCCCCOc1ccc(C(=O)O/C(C=C)=C/C=C(\C)OC(=O)c2ccc(OC(=O)NCCOC(=O)C=C)cc2)cc1. The summed E-state index contributed by atoms with van der Waals surface area (Å²) >= 11 is 0. The molecule has 2 rings (SSSR count). The molecular formula is C34H35NO11. The summed E-state index contributed by atoms with van der Waals surface area (Å²) in [6.45, 7) is 12.5. The molecule has 0 bridgehead atoms. The highest BCUT2D eigenvalue weighted by atomic mass is 16.6. The normalized spacial score (nSPS) is 10.9. The molecule has 0 aliphatic carbocycles. The number of carbonyl (C=O) groups is 5. The fourth-order valence-corrected chi connectivity index (χ4v) is 3.23. The fraction of sp³-hybridized carbons (Fsp3) is 0.206. The Labute approximate surface area is 266 Å². The lowest BCUT2D eigenvalue weighted by Crippen LogP contribution is -2.30. The zero-order chi connectivity index (χ0) is 33.7. The van der Waals surface area contributed by atoms with E-state index in [4.69, 9.17) is 28.4 Å². The Morgan fingerprint density at radius 1 is 0.674 bits per heavy atom. The second-order valence-electron chi connectivity index (χ2n) is 8.99. The topological polar surface area (TPSA) is 153 Å². The molecule has 2 aromatic rings. The second-order valence-corrected chi connectivity index (χ2v) is 8.99. The zero-order valence-electron chi connectivity index (χ0n) is 25.4. The monoisotopic (exact) mass is 633 g/mol. The van der Waals surface area contributed by atoms with Gasteiger partial charge in [0.15, 0.2) is 0 Å². The summed E-state index contributed by atoms with van der Waals surface area (Å²) in [4.78, 5) is 58.9. The lowest BCUT2D eigenvalue weighted by molar-refractivity contribution is -0.138. The number of allylic oxidation sites excluding steroid dienone is 4. The molecule has 12 heteroatoms. The first-order chi connectivity index (χ1) is 22.1. The molecule has 0 saturated carbocycles. The van der Waals surface area contributed by atoms with E-state index in [2.05, 4.69) is 25.1 Å². The Morgan fingerprint density at radius 3 is 1.80 bits per heavy atom. The summed E-state index contributed by atoms with van der Waals surface area (Å²) in [7, 11) is 0. The standard InChI is InChI=1S/C34H35NO11/c1-5-27(45-33(39)26-11-16-28(17-12-26)41-21-8-9-22-42-30(36)6-2)15-10-24(4)44-32(38)25-13-18-29(19-14-25)46-34(40)35-20-23-43-31(37)7-3/h5-7,10-19H,1-3,8-9,20-23H2,4H3,(H,35,40)/b24-10+,27-15+. The first-order valence-electron chi connectivity index (χ1n) is 14.0. The van der Waals surface area contributed by atoms with Crippen molar-refractivity contribution < 1.29 is 52.4 Å². The van der Waals surface area contributed by atoms with Gasteiger partial charge in [-0.15, -0.1) is 0 Å². The minimum absolute atomic E-state index is 0.0411. The van der Waals surface area contributed by atoms with Crippen molar-refractivity contribution in [2.45, 2.75) is 19.8 Å². The number of esters is 4. The number of carbonyl (C=O) groups excluding carboxylic acids is 5. The van der Waals surface area contributed by atoms with Gasteiger partial charge in [0.1, 0.15) is 29.6 Å². The lowest BCUT2D eigenvalue weighted by atomic mass is 10.2. The number of hydrogen-bond acceptors (Lipinski definition) is 11. The van der Waals surface area contributed by atoms with Crippen molar-refractivity contribution in [1.29, 1.82) is 0 Å². The minimum Gasteiger partial charge on any atom is -0.494 e. The van der Waals surface area contributed by atoms with E-state index in [1.165, 1.54) is 49.4 Å². The largest absolute Gasteiger partial charge is 0.494 e. The van der Waals surface area contributed by atoms with Gasteiger partial charge in [0.05, 0.1) is 30.9 Å². The minimum atomic E-state index is -0.769. The summed E-state index contributed by atoms with van der Waals surface area (Å²) in [6, 6.07) is 12.0. The molecule has 242 valence electrons. The van der Waals surface area contributed by atoms with Crippen LogP contribution in [0.25, 0.3) is 0 Å². The van der Waals surface area contributed by atoms with Crippen LogP contribution in [0.3, 0.4) is 0 Å². The third kappa shape index (κ3) is 14.0. The summed E-state index contributed by atoms with van der Waals surface area (Å²) in [6.07, 6.45) is 6.85. The van der Waals surface area contributed by atoms with Crippen molar-refractivity contribution in [2.75, 3.05) is 26.4 Å². The molecule has 1 amide bonds. The highest BCUT2D eigenvalue weighted by Crippen LogP contribution is 2.17. The van der Waals surface area contributed by atoms with Crippen LogP contribution in [0, 0.1) is 0 Å². The van der Waals surface area contributed by atoms with Crippen molar-refractivity contribution in [3.8, 4) is 11.5 Å². The van der Waals surface area contributed by atoms with Gasteiger partial charge in [0.2, 0.25) is 0 Å². The molecule has 12 nitrogen and oxygen atoms in total. The number of amides is 1. The van der Waals surface area contributed by atoms with Gasteiger partial charge in [0, 0.05) is 12.2 Å². The zero-order valence-corrected chi connectivity index (χ0v) is 25.4. The third-order valence-electron chi connectivity index (χ3n) is 5.54. The van der Waals surface area contributed by atoms with Gasteiger partial charge in [-0.05, 0) is 86.5 Å². The van der Waals surface area contributed by atoms with E-state index in [1.807, 2.05) is 0 Å². The van der Waals surface area contributed by atoms with Crippen LogP contribution in [0.1, 0.15) is 40.5 Å². The number of nitrogens with one attached hydrogen (secondary N) is 1. The molecule has 0 unspecified atom stereocenters. The predicted octanol–water partition coefficient (Wildman–Crippen LogP) is 5.38. The van der Waals surface area contributed by atoms with E-state index in [1.54, 1.807) is 24.3 Å². The maximum atomic E-state index is 12.6. The van der Waals surface area contributed by atoms with Crippen LogP contribution in [-0.4, -0.2) is 56.3 Å². The van der Waals surface area contributed by atoms with E-state index in [0.29, 0.717) is 25.2 Å². The van der Waals surface area contributed by atoms with Crippen molar-refractivity contribution in [3.63, 3.8) is 0 Å². The van der Waals surface area contributed by atoms with E-state index in [-0.39, 0.29) is 48.2 Å². The molecule has 0 aromatic heterocycles. The van der Waals surface area contributed by atoms with Gasteiger partial charge in [0.25, 0.3) is 0 Å². The molecule has 0 atom stereocenters. The van der Waals surface area contributed by atoms with E-state index in [0.717, 1.165) is 12.2 Å². The molecule has 46 heavy (non-hydrogen) atoms. The number of benzene rings is 2. The van der Waals surface area contributed by atoms with Crippen LogP contribution in [0.15, 0.2) is 110 Å². The maximum Gasteiger partial charge on any atom is 0.412 e. The Bertz CT molecular complexity index is 1450. The van der Waals surface area contributed by atoms with Crippen molar-refractivity contribution in [2.24, 2.45) is 0 Å². The smallest absolute Gasteiger partial charge is 0.412 e. The van der Waals surface area contributed by atoms with Gasteiger partial charge in [-0.3, -0.25) is 0 Å². The molecule has 0 radical (unpaired) electrons. The van der Waals surface area contributed by atoms with Gasteiger partial charge >= 0.3 is 30.0 Å². The van der Waals surface area contributed by atoms with Crippen LogP contribution < -0.4 is 14.8 Å². The van der Waals surface area contributed by atoms with Gasteiger partial charge < -0.3 is 33.7 Å². The summed E-state index contributed by atoms with van der Waals surface area (Å²) in [5.41, 5.74) is 0.472. The fourth-order valence-electron chi connectivity index (χ4n) is 3.23. The molecule has 0 spiro atoms. The summed E-state index contributed by atoms with van der Waals surface area (Å²) in [5.74, 6) is -1.30. The van der Waals surface area contributed by atoms with Crippen molar-refractivity contribution in [1.82, 2.24) is 5.32 Å². The Hall–Kier alpha value is -5.91. The van der Waals surface area contributed by atoms with Crippen molar-refractivity contribution in [3.05, 3.63) is 121 Å². The van der Waals surface area contributed by atoms with E-state index < -0.39 is 30.0 Å². The molecule has 0 aliphatic heterocycles. The van der Waals surface area contributed by atoms with Crippen molar-refractivity contribution >= 4 is 30.0 Å². The predicted molar refractivity (Wildman–Crippen MR) is 167 cm³/mol. The Kier molecular flexibility index (Phi) is 15.9. The molecule has 2 aromatic carbocycles. The second kappa shape index (κ2) is 20.1. The van der Waals surface area contributed by atoms with Gasteiger partial charge in [-0.25, -0.2) is 24.0 Å². The average molecular weight is 634 g/mol. The molecular weight excluding hydrogens is 598 g/mol. The van der Waals surface area contributed by atoms with Crippen LogP contribution in [0.5, 0.6) is 11.5 Å². The quantitative estimate of drug-likeness (QED) is 0.0562. The van der Waals surface area contributed by atoms with Gasteiger partial charge in [-0.1, -0.05) is 19.7 Å². The van der Waals surface area contributed by atoms with Crippen LogP contribution in [-0.2, 0) is 28.5 Å². The lowest BCUT2D eigenvalue weighted by Gasteiger charge is -2.08. The molecule has 0 heterocycles. The van der Waals surface area contributed by atoms with E-state index in [9.17, 15) is 24.0 Å². The molecule has 0 saturated heterocycles. The average Bonchev–Trinajstić information content (AvgIpc) is 3.06. The molecule has 0 aliphatic rings. The highest BCUT2D eigenvalue weighted by molar-refractivity contribution is 5.91. The van der Waals surface area contributed by atoms with Crippen LogP contribution in [0.2, 0.25) is 0 Å². The van der Waals surface area contributed by atoms with E-state index >= 15 is 0 Å². The number of rotatable bonds is 18. The summed E-state index contributed by atoms with van der Waals surface area (Å²) < 4.78 is 31.0. The molecule has 0 fully saturated rings. The maximum absolute atomic E-state index is 12.6. The van der Waals surface area contributed by atoms with Crippen LogP contribution in [0.4, 0.5) is 4.79 Å². The number of hydrogen-bond donors (Lipinski definition) is 1. The number of ether oxygens (including phenoxy) is 6. The highest BCUT2D eigenvalue weighted by Gasteiger charge is 2.12. The van der Waals surface area contributed by atoms with Gasteiger partial charge in [-0.2, -0.15) is 0 Å². The van der Waals surface area contributed by atoms with Crippen LogP contribution >= 0.6 is 0 Å². The molecule has 1 N–H and O–H groups in total.